The largest absolute Gasteiger partial charge is 0.370 e. The van der Waals surface area contributed by atoms with E-state index in [1.54, 1.807) is 22.8 Å². The molecular formula is C20H25N5O2. The predicted octanol–water partition coefficient (Wildman–Crippen LogP) is 1.83. The van der Waals surface area contributed by atoms with Gasteiger partial charge in [-0.15, -0.1) is 0 Å². The first kappa shape index (κ1) is 18.8. The number of nitrogens with zero attached hydrogens (tertiary/aromatic N) is 4. The first-order chi connectivity index (χ1) is 13.1. The topological polar surface area (TPSA) is 78.4 Å². The van der Waals surface area contributed by atoms with Gasteiger partial charge in [0, 0.05) is 45.7 Å². The summed E-state index contributed by atoms with van der Waals surface area (Å²) in [7, 11) is 0. The molecule has 1 aromatic heterocycles. The van der Waals surface area contributed by atoms with Crippen molar-refractivity contribution in [3.63, 3.8) is 0 Å². The van der Waals surface area contributed by atoms with Crippen molar-refractivity contribution >= 4 is 17.6 Å². The maximum Gasteiger partial charge on any atom is 0.272 e. The molecule has 3 rings (SSSR count). The zero-order chi connectivity index (χ0) is 19.1. The lowest BCUT2D eigenvalue weighted by Crippen LogP contribution is -2.50. The van der Waals surface area contributed by atoms with Crippen molar-refractivity contribution in [2.75, 3.05) is 38.0 Å². The summed E-state index contributed by atoms with van der Waals surface area (Å²) in [4.78, 5) is 35.9. The normalized spacial score (nSPS) is 14.1. The molecule has 0 bridgehead atoms. The fourth-order valence-electron chi connectivity index (χ4n) is 3.11. The molecule has 7 nitrogen and oxygen atoms in total. The van der Waals surface area contributed by atoms with Gasteiger partial charge >= 0.3 is 0 Å². The molecule has 7 heteroatoms. The Balaban J connectivity index is 1.49. The van der Waals surface area contributed by atoms with Crippen LogP contribution in [0.1, 0.15) is 29.4 Å². The summed E-state index contributed by atoms with van der Waals surface area (Å²) in [6.45, 7) is 4.52. The van der Waals surface area contributed by atoms with Crippen LogP contribution >= 0.6 is 0 Å². The number of amides is 2. The third kappa shape index (κ3) is 5.26. The SMILES string of the molecule is CC(=O)N1CCN(C(=O)c2cc(NCCCc3ccccc3)ncn2)CC1. The van der Waals surface area contributed by atoms with E-state index in [1.165, 1.54) is 11.9 Å². The average Bonchev–Trinajstić information content (AvgIpc) is 2.72. The van der Waals surface area contributed by atoms with Gasteiger partial charge in [-0.1, -0.05) is 30.3 Å². The Hall–Kier alpha value is -2.96. The van der Waals surface area contributed by atoms with Crippen molar-refractivity contribution in [1.82, 2.24) is 19.8 Å². The van der Waals surface area contributed by atoms with Gasteiger partial charge in [-0.25, -0.2) is 9.97 Å². The standard InChI is InChI=1S/C20H25N5O2/c1-16(26)24-10-12-25(13-11-24)20(27)18-14-19(23-15-22-18)21-9-5-8-17-6-3-2-4-7-17/h2-4,6-7,14-15H,5,8-13H2,1H3,(H,21,22,23). The molecule has 0 saturated carbocycles. The molecule has 0 unspecified atom stereocenters. The molecule has 2 amide bonds. The van der Waals surface area contributed by atoms with E-state index in [-0.39, 0.29) is 11.8 Å². The maximum atomic E-state index is 12.6. The zero-order valence-corrected chi connectivity index (χ0v) is 15.6. The van der Waals surface area contributed by atoms with Crippen LogP contribution in [0.5, 0.6) is 0 Å². The number of anilines is 1. The fourth-order valence-corrected chi connectivity index (χ4v) is 3.11. The van der Waals surface area contributed by atoms with Gasteiger partial charge in [0.05, 0.1) is 0 Å². The van der Waals surface area contributed by atoms with E-state index in [2.05, 4.69) is 27.4 Å². The molecular weight excluding hydrogens is 342 g/mol. The Morgan fingerprint density at radius 3 is 2.44 bits per heavy atom. The summed E-state index contributed by atoms with van der Waals surface area (Å²) in [5.74, 6) is 0.586. The number of nitrogens with one attached hydrogen (secondary N) is 1. The van der Waals surface area contributed by atoms with Gasteiger partial charge in [-0.2, -0.15) is 0 Å². The molecule has 142 valence electrons. The summed E-state index contributed by atoms with van der Waals surface area (Å²) in [6.07, 6.45) is 3.38. The van der Waals surface area contributed by atoms with Crippen molar-refractivity contribution in [3.05, 3.63) is 54.0 Å². The summed E-state index contributed by atoms with van der Waals surface area (Å²) in [5, 5.41) is 3.26. The Morgan fingerprint density at radius 2 is 1.74 bits per heavy atom. The number of aryl methyl sites for hydroxylation is 1. The van der Waals surface area contributed by atoms with E-state index in [0.717, 1.165) is 19.4 Å². The highest BCUT2D eigenvalue weighted by molar-refractivity contribution is 5.93. The molecule has 2 aromatic rings. The molecule has 0 radical (unpaired) electrons. The smallest absolute Gasteiger partial charge is 0.272 e. The summed E-state index contributed by atoms with van der Waals surface area (Å²) in [5.41, 5.74) is 1.69. The third-order valence-electron chi connectivity index (χ3n) is 4.69. The molecule has 1 saturated heterocycles. The first-order valence-electron chi connectivity index (χ1n) is 9.28. The average molecular weight is 367 g/mol. The Morgan fingerprint density at radius 1 is 1.04 bits per heavy atom. The molecule has 1 N–H and O–H groups in total. The van der Waals surface area contributed by atoms with Crippen molar-refractivity contribution < 1.29 is 9.59 Å². The number of carbonyl (C=O) groups excluding carboxylic acids is 2. The Bertz CT molecular complexity index is 773. The molecule has 27 heavy (non-hydrogen) atoms. The monoisotopic (exact) mass is 367 g/mol. The van der Waals surface area contributed by atoms with Gasteiger partial charge in [0.1, 0.15) is 17.8 Å². The highest BCUT2D eigenvalue weighted by Gasteiger charge is 2.24. The van der Waals surface area contributed by atoms with Gasteiger partial charge < -0.3 is 15.1 Å². The number of carbonyl (C=O) groups is 2. The number of aromatic nitrogens is 2. The van der Waals surface area contributed by atoms with Crippen LogP contribution in [0.15, 0.2) is 42.7 Å². The summed E-state index contributed by atoms with van der Waals surface area (Å²) in [6, 6.07) is 12.0. The second-order valence-electron chi connectivity index (χ2n) is 6.60. The van der Waals surface area contributed by atoms with Gasteiger partial charge in [-0.3, -0.25) is 9.59 Å². The number of benzene rings is 1. The van der Waals surface area contributed by atoms with E-state index < -0.39 is 0 Å². The molecule has 0 atom stereocenters. The highest BCUT2D eigenvalue weighted by Crippen LogP contribution is 2.11. The molecule has 0 aliphatic carbocycles. The molecule has 1 fully saturated rings. The Kier molecular flexibility index (Phi) is 6.35. The lowest BCUT2D eigenvalue weighted by molar-refractivity contribution is -0.130. The minimum absolute atomic E-state index is 0.0473. The number of hydrogen-bond acceptors (Lipinski definition) is 5. The van der Waals surface area contributed by atoms with Gasteiger partial charge in [0.25, 0.3) is 5.91 Å². The number of hydrogen-bond donors (Lipinski definition) is 1. The second kappa shape index (κ2) is 9.12. The molecule has 1 aliphatic heterocycles. The lowest BCUT2D eigenvalue weighted by Gasteiger charge is -2.34. The van der Waals surface area contributed by atoms with Crippen LogP contribution in [-0.4, -0.2) is 64.3 Å². The van der Waals surface area contributed by atoms with Crippen molar-refractivity contribution in [1.29, 1.82) is 0 Å². The van der Waals surface area contributed by atoms with Crippen LogP contribution in [0.4, 0.5) is 5.82 Å². The van der Waals surface area contributed by atoms with Crippen LogP contribution in [0.2, 0.25) is 0 Å². The summed E-state index contributed by atoms with van der Waals surface area (Å²) >= 11 is 0. The Labute approximate surface area is 159 Å². The van der Waals surface area contributed by atoms with Crippen LogP contribution in [0.25, 0.3) is 0 Å². The van der Waals surface area contributed by atoms with Crippen molar-refractivity contribution in [2.45, 2.75) is 19.8 Å². The maximum absolute atomic E-state index is 12.6. The van der Waals surface area contributed by atoms with E-state index >= 15 is 0 Å². The molecule has 2 heterocycles. The quantitative estimate of drug-likeness (QED) is 0.788. The van der Waals surface area contributed by atoms with E-state index in [1.807, 2.05) is 18.2 Å². The van der Waals surface area contributed by atoms with Crippen molar-refractivity contribution in [2.24, 2.45) is 0 Å². The highest BCUT2D eigenvalue weighted by atomic mass is 16.2. The molecule has 1 aromatic carbocycles. The van der Waals surface area contributed by atoms with Gasteiger partial charge in [0.2, 0.25) is 5.91 Å². The second-order valence-corrected chi connectivity index (χ2v) is 6.60. The molecule has 1 aliphatic rings. The zero-order valence-electron chi connectivity index (χ0n) is 15.6. The van der Waals surface area contributed by atoms with E-state index in [0.29, 0.717) is 37.7 Å². The van der Waals surface area contributed by atoms with Gasteiger partial charge in [-0.05, 0) is 18.4 Å². The van der Waals surface area contributed by atoms with Crippen LogP contribution < -0.4 is 5.32 Å². The fraction of sp³-hybridized carbons (Fsp3) is 0.400. The third-order valence-corrected chi connectivity index (χ3v) is 4.69. The van der Waals surface area contributed by atoms with E-state index in [9.17, 15) is 9.59 Å². The van der Waals surface area contributed by atoms with Gasteiger partial charge in [0.15, 0.2) is 0 Å². The summed E-state index contributed by atoms with van der Waals surface area (Å²) < 4.78 is 0. The first-order valence-corrected chi connectivity index (χ1v) is 9.28. The number of rotatable bonds is 6. The minimum Gasteiger partial charge on any atom is -0.370 e. The molecule has 0 spiro atoms. The lowest BCUT2D eigenvalue weighted by atomic mass is 10.1. The van der Waals surface area contributed by atoms with Crippen LogP contribution in [-0.2, 0) is 11.2 Å². The predicted molar refractivity (Wildman–Crippen MR) is 103 cm³/mol. The van der Waals surface area contributed by atoms with E-state index in [4.69, 9.17) is 0 Å². The van der Waals surface area contributed by atoms with Crippen LogP contribution in [0, 0.1) is 0 Å². The van der Waals surface area contributed by atoms with Crippen LogP contribution in [0.3, 0.4) is 0 Å². The number of piperazine rings is 1. The van der Waals surface area contributed by atoms with Crippen molar-refractivity contribution in [3.8, 4) is 0 Å². The minimum atomic E-state index is -0.118.